The molecule has 0 aliphatic rings. The van der Waals surface area contributed by atoms with Gasteiger partial charge in [0.15, 0.2) is 0 Å². The molecule has 1 aromatic rings. The van der Waals surface area contributed by atoms with Crippen LogP contribution in [0.1, 0.15) is 22.8 Å². The Labute approximate surface area is 103 Å². The van der Waals surface area contributed by atoms with Crippen molar-refractivity contribution in [2.75, 3.05) is 11.9 Å². The standard InChI is InChI=1S/C11H12BrClO2/c1-2-15-11(14)10-4-3-9(13)7-8(10)5-6-12/h3-4,7H,2,5-6H2,1H3. The molecule has 0 amide bonds. The number of aryl methyl sites for hydroxylation is 1. The summed E-state index contributed by atoms with van der Waals surface area (Å²) in [6.07, 6.45) is 0.759. The van der Waals surface area contributed by atoms with Gasteiger partial charge >= 0.3 is 5.97 Å². The Morgan fingerprint density at radius 3 is 2.87 bits per heavy atom. The third-order valence-corrected chi connectivity index (χ3v) is 2.56. The largest absolute Gasteiger partial charge is 0.462 e. The number of benzene rings is 1. The van der Waals surface area contributed by atoms with E-state index in [1.54, 1.807) is 25.1 Å². The lowest BCUT2D eigenvalue weighted by Crippen LogP contribution is -2.08. The van der Waals surface area contributed by atoms with Crippen LogP contribution < -0.4 is 0 Å². The Balaban J connectivity index is 2.99. The number of halogens is 2. The van der Waals surface area contributed by atoms with E-state index in [2.05, 4.69) is 15.9 Å². The summed E-state index contributed by atoms with van der Waals surface area (Å²) in [7, 11) is 0. The molecule has 0 N–H and O–H groups in total. The minimum absolute atomic E-state index is 0.287. The van der Waals surface area contributed by atoms with Gasteiger partial charge < -0.3 is 4.74 Å². The monoisotopic (exact) mass is 290 g/mol. The summed E-state index contributed by atoms with van der Waals surface area (Å²) in [6, 6.07) is 5.21. The Morgan fingerprint density at radius 1 is 1.53 bits per heavy atom. The number of carbonyl (C=O) groups excluding carboxylic acids is 1. The zero-order valence-electron chi connectivity index (χ0n) is 8.43. The van der Waals surface area contributed by atoms with Crippen molar-refractivity contribution in [1.82, 2.24) is 0 Å². The van der Waals surface area contributed by atoms with E-state index in [9.17, 15) is 4.79 Å². The fourth-order valence-corrected chi connectivity index (χ4v) is 1.90. The van der Waals surface area contributed by atoms with Crippen LogP contribution >= 0.6 is 27.5 Å². The van der Waals surface area contributed by atoms with Gasteiger partial charge in [-0.05, 0) is 37.1 Å². The predicted octanol–water partition coefficient (Wildman–Crippen LogP) is 3.45. The van der Waals surface area contributed by atoms with Crippen molar-refractivity contribution in [2.24, 2.45) is 0 Å². The Bertz CT molecular complexity index is 352. The SMILES string of the molecule is CCOC(=O)c1ccc(Cl)cc1CCBr. The molecule has 15 heavy (non-hydrogen) atoms. The van der Waals surface area contributed by atoms with Gasteiger partial charge in [-0.2, -0.15) is 0 Å². The number of esters is 1. The molecule has 2 nitrogen and oxygen atoms in total. The number of alkyl halides is 1. The van der Waals surface area contributed by atoms with Crippen LogP contribution in [-0.2, 0) is 11.2 Å². The minimum atomic E-state index is -0.287. The summed E-state index contributed by atoms with van der Waals surface area (Å²) in [5.41, 5.74) is 1.51. The van der Waals surface area contributed by atoms with Crippen molar-refractivity contribution in [2.45, 2.75) is 13.3 Å². The summed E-state index contributed by atoms with van der Waals surface area (Å²) in [6.45, 7) is 2.17. The molecule has 0 aliphatic heterocycles. The lowest BCUT2D eigenvalue weighted by Gasteiger charge is -2.07. The number of ether oxygens (including phenoxy) is 1. The third-order valence-electron chi connectivity index (χ3n) is 1.93. The first-order valence-corrected chi connectivity index (χ1v) is 6.20. The first-order valence-electron chi connectivity index (χ1n) is 4.70. The van der Waals surface area contributed by atoms with E-state index < -0.39 is 0 Å². The Hall–Kier alpha value is -0.540. The third kappa shape index (κ3) is 3.50. The molecule has 0 unspecified atom stereocenters. The highest BCUT2D eigenvalue weighted by atomic mass is 79.9. The highest BCUT2D eigenvalue weighted by Crippen LogP contribution is 2.18. The van der Waals surface area contributed by atoms with Gasteiger partial charge in [0, 0.05) is 10.4 Å². The van der Waals surface area contributed by atoms with Gasteiger partial charge in [-0.15, -0.1) is 0 Å². The fraction of sp³-hybridized carbons (Fsp3) is 0.364. The number of carbonyl (C=O) groups is 1. The molecular formula is C11H12BrClO2. The first-order chi connectivity index (χ1) is 7.19. The molecule has 0 radical (unpaired) electrons. The van der Waals surface area contributed by atoms with Crippen LogP contribution in [0, 0.1) is 0 Å². The van der Waals surface area contributed by atoms with Gasteiger partial charge in [0.25, 0.3) is 0 Å². The molecule has 0 fully saturated rings. The fourth-order valence-electron chi connectivity index (χ4n) is 1.28. The molecule has 4 heteroatoms. The second kappa shape index (κ2) is 6.13. The summed E-state index contributed by atoms with van der Waals surface area (Å²) >= 11 is 9.20. The molecule has 0 saturated heterocycles. The predicted molar refractivity (Wildman–Crippen MR) is 64.9 cm³/mol. The highest BCUT2D eigenvalue weighted by Gasteiger charge is 2.12. The summed E-state index contributed by atoms with van der Waals surface area (Å²) in [4.78, 5) is 11.6. The van der Waals surface area contributed by atoms with E-state index in [-0.39, 0.29) is 5.97 Å². The summed E-state index contributed by atoms with van der Waals surface area (Å²) in [5, 5.41) is 1.43. The van der Waals surface area contributed by atoms with Crippen LogP contribution in [0.5, 0.6) is 0 Å². The van der Waals surface area contributed by atoms with Crippen LogP contribution in [0.3, 0.4) is 0 Å². The van der Waals surface area contributed by atoms with Gasteiger partial charge in [-0.1, -0.05) is 27.5 Å². The quantitative estimate of drug-likeness (QED) is 0.627. The van der Waals surface area contributed by atoms with Gasteiger partial charge in [0.05, 0.1) is 12.2 Å². The van der Waals surface area contributed by atoms with E-state index in [1.165, 1.54) is 0 Å². The maximum atomic E-state index is 11.6. The van der Waals surface area contributed by atoms with E-state index in [0.29, 0.717) is 17.2 Å². The van der Waals surface area contributed by atoms with E-state index >= 15 is 0 Å². The maximum Gasteiger partial charge on any atom is 0.338 e. The number of rotatable bonds is 4. The Kier molecular flexibility index (Phi) is 5.12. The van der Waals surface area contributed by atoms with Crippen LogP contribution in [0.25, 0.3) is 0 Å². The lowest BCUT2D eigenvalue weighted by molar-refractivity contribution is 0.0525. The van der Waals surface area contributed by atoms with Crippen LogP contribution in [0.15, 0.2) is 18.2 Å². The minimum Gasteiger partial charge on any atom is -0.462 e. The molecule has 1 aromatic carbocycles. The summed E-state index contributed by atoms with van der Waals surface area (Å²) < 4.78 is 4.96. The smallest absolute Gasteiger partial charge is 0.338 e. The van der Waals surface area contributed by atoms with Crippen LogP contribution in [-0.4, -0.2) is 17.9 Å². The molecule has 82 valence electrons. The topological polar surface area (TPSA) is 26.3 Å². The van der Waals surface area contributed by atoms with Crippen molar-refractivity contribution in [3.8, 4) is 0 Å². The molecule has 0 aliphatic carbocycles. The normalized spacial score (nSPS) is 10.1. The molecule has 0 spiro atoms. The van der Waals surface area contributed by atoms with E-state index in [1.807, 2.05) is 0 Å². The van der Waals surface area contributed by atoms with Crippen molar-refractivity contribution in [3.05, 3.63) is 34.3 Å². The van der Waals surface area contributed by atoms with Crippen molar-refractivity contribution in [1.29, 1.82) is 0 Å². The Morgan fingerprint density at radius 2 is 2.27 bits per heavy atom. The average Bonchev–Trinajstić information content (AvgIpc) is 2.18. The van der Waals surface area contributed by atoms with Crippen molar-refractivity contribution in [3.63, 3.8) is 0 Å². The number of hydrogen-bond acceptors (Lipinski definition) is 2. The highest BCUT2D eigenvalue weighted by molar-refractivity contribution is 9.09. The zero-order valence-corrected chi connectivity index (χ0v) is 10.8. The summed E-state index contributed by atoms with van der Waals surface area (Å²) in [5.74, 6) is -0.287. The molecule has 0 saturated carbocycles. The molecule has 1 rings (SSSR count). The van der Waals surface area contributed by atoms with Gasteiger partial charge in [0.2, 0.25) is 0 Å². The second-order valence-corrected chi connectivity index (χ2v) is 4.19. The van der Waals surface area contributed by atoms with E-state index in [4.69, 9.17) is 16.3 Å². The molecule has 0 heterocycles. The van der Waals surface area contributed by atoms with Crippen LogP contribution in [0.4, 0.5) is 0 Å². The van der Waals surface area contributed by atoms with Crippen molar-refractivity contribution >= 4 is 33.5 Å². The first kappa shape index (κ1) is 12.5. The lowest BCUT2D eigenvalue weighted by atomic mass is 10.1. The molecular weight excluding hydrogens is 279 g/mol. The zero-order chi connectivity index (χ0) is 11.3. The van der Waals surface area contributed by atoms with Crippen LogP contribution in [0.2, 0.25) is 5.02 Å². The molecule has 0 aromatic heterocycles. The van der Waals surface area contributed by atoms with Gasteiger partial charge in [-0.25, -0.2) is 4.79 Å². The second-order valence-electron chi connectivity index (χ2n) is 2.96. The van der Waals surface area contributed by atoms with Gasteiger partial charge in [-0.3, -0.25) is 0 Å². The van der Waals surface area contributed by atoms with Gasteiger partial charge in [0.1, 0.15) is 0 Å². The molecule has 0 atom stereocenters. The average molecular weight is 292 g/mol. The number of hydrogen-bond donors (Lipinski definition) is 0. The molecule has 0 bridgehead atoms. The van der Waals surface area contributed by atoms with Crippen molar-refractivity contribution < 1.29 is 9.53 Å². The van der Waals surface area contributed by atoms with E-state index in [0.717, 1.165) is 17.3 Å². The maximum absolute atomic E-state index is 11.6.